The largest absolute Gasteiger partial charge is 0.505 e. The van der Waals surface area contributed by atoms with Gasteiger partial charge in [-0.1, -0.05) is 32.0 Å². The molecule has 0 fully saturated rings. The Balaban J connectivity index is 2.31. The highest BCUT2D eigenvalue weighted by Crippen LogP contribution is 2.34. The number of phenols is 1. The van der Waals surface area contributed by atoms with Gasteiger partial charge < -0.3 is 21.5 Å². The first kappa shape index (κ1) is 18.6. The third-order valence-corrected chi connectivity index (χ3v) is 3.90. The second kappa shape index (κ2) is 7.88. The fourth-order valence-electron chi connectivity index (χ4n) is 2.55. The Bertz CT molecular complexity index is 784. The van der Waals surface area contributed by atoms with Crippen LogP contribution in [0.3, 0.4) is 0 Å². The van der Waals surface area contributed by atoms with Gasteiger partial charge in [0.15, 0.2) is 0 Å². The van der Waals surface area contributed by atoms with E-state index >= 15 is 0 Å². The summed E-state index contributed by atoms with van der Waals surface area (Å²) in [6, 6.07) is 7.20. The van der Waals surface area contributed by atoms with E-state index in [2.05, 4.69) is 15.6 Å². The Morgan fingerprint density at radius 3 is 2.60 bits per heavy atom. The highest BCUT2D eigenvalue weighted by molar-refractivity contribution is 5.93. The number of amides is 1. The quantitative estimate of drug-likeness (QED) is 0.605. The van der Waals surface area contributed by atoms with Crippen LogP contribution < -0.4 is 16.4 Å². The van der Waals surface area contributed by atoms with Gasteiger partial charge in [-0.05, 0) is 25.8 Å². The Hall–Kier alpha value is -2.76. The SMILES string of the molecule is CC(C)N/C=C(\N)C(=O)NC(c1ccc2cccnc2c1O)C(C)C. The van der Waals surface area contributed by atoms with Crippen LogP contribution in [-0.4, -0.2) is 22.0 Å². The maximum atomic E-state index is 12.4. The minimum absolute atomic E-state index is 0.0573. The Labute approximate surface area is 148 Å². The van der Waals surface area contributed by atoms with Crippen LogP contribution >= 0.6 is 0 Å². The predicted molar refractivity (Wildman–Crippen MR) is 99.7 cm³/mol. The molecule has 0 aliphatic rings. The fraction of sp³-hybridized carbons (Fsp3) is 0.368. The number of benzene rings is 1. The van der Waals surface area contributed by atoms with Crippen molar-refractivity contribution in [2.24, 2.45) is 11.7 Å². The summed E-state index contributed by atoms with van der Waals surface area (Å²) in [4.78, 5) is 16.6. The molecule has 5 N–H and O–H groups in total. The second-order valence-corrected chi connectivity index (χ2v) is 6.69. The summed E-state index contributed by atoms with van der Waals surface area (Å²) < 4.78 is 0. The molecule has 134 valence electrons. The summed E-state index contributed by atoms with van der Waals surface area (Å²) in [6.07, 6.45) is 3.13. The molecule has 0 saturated carbocycles. The molecule has 6 nitrogen and oxygen atoms in total. The summed E-state index contributed by atoms with van der Waals surface area (Å²) >= 11 is 0. The van der Waals surface area contributed by atoms with Crippen molar-refractivity contribution in [3.05, 3.63) is 47.9 Å². The van der Waals surface area contributed by atoms with Crippen LogP contribution in [0.25, 0.3) is 10.9 Å². The third kappa shape index (κ3) is 4.41. The van der Waals surface area contributed by atoms with Gasteiger partial charge in [-0.25, -0.2) is 0 Å². The number of hydrogen-bond donors (Lipinski definition) is 4. The number of aromatic nitrogens is 1. The van der Waals surface area contributed by atoms with Gasteiger partial charge in [-0.2, -0.15) is 0 Å². The number of carbonyl (C=O) groups is 1. The Morgan fingerprint density at radius 1 is 1.24 bits per heavy atom. The first-order chi connectivity index (χ1) is 11.8. The van der Waals surface area contributed by atoms with Crippen molar-refractivity contribution in [1.29, 1.82) is 0 Å². The number of phenolic OH excluding ortho intramolecular Hbond substituents is 1. The average Bonchev–Trinajstić information content (AvgIpc) is 2.58. The topological polar surface area (TPSA) is 100 Å². The lowest BCUT2D eigenvalue weighted by atomic mass is 9.94. The predicted octanol–water partition coefficient (Wildman–Crippen LogP) is 2.55. The van der Waals surface area contributed by atoms with E-state index in [0.717, 1.165) is 5.39 Å². The van der Waals surface area contributed by atoms with E-state index in [-0.39, 0.29) is 35.4 Å². The maximum Gasteiger partial charge on any atom is 0.269 e. The molecule has 0 spiro atoms. The highest BCUT2D eigenvalue weighted by Gasteiger charge is 2.23. The number of aromatic hydroxyl groups is 1. The minimum atomic E-state index is -0.384. The van der Waals surface area contributed by atoms with Gasteiger partial charge in [0.1, 0.15) is 17.0 Å². The smallest absolute Gasteiger partial charge is 0.269 e. The molecule has 0 saturated heterocycles. The lowest BCUT2D eigenvalue weighted by molar-refractivity contribution is -0.118. The monoisotopic (exact) mass is 342 g/mol. The number of nitrogens with two attached hydrogens (primary N) is 1. The van der Waals surface area contributed by atoms with E-state index in [1.54, 1.807) is 6.20 Å². The van der Waals surface area contributed by atoms with Crippen molar-refractivity contribution in [3.63, 3.8) is 0 Å². The summed E-state index contributed by atoms with van der Waals surface area (Å²) in [5, 5.41) is 17.4. The van der Waals surface area contributed by atoms with Crippen molar-refractivity contribution in [3.8, 4) is 5.75 Å². The highest BCUT2D eigenvalue weighted by atomic mass is 16.3. The summed E-state index contributed by atoms with van der Waals surface area (Å²) in [7, 11) is 0. The zero-order valence-corrected chi connectivity index (χ0v) is 15.1. The van der Waals surface area contributed by atoms with Crippen LogP contribution in [0, 0.1) is 5.92 Å². The average molecular weight is 342 g/mol. The molecule has 0 aliphatic heterocycles. The molecule has 0 bridgehead atoms. The summed E-state index contributed by atoms with van der Waals surface area (Å²) in [5.74, 6) is -0.241. The third-order valence-electron chi connectivity index (χ3n) is 3.90. The first-order valence-corrected chi connectivity index (χ1v) is 8.40. The Morgan fingerprint density at radius 2 is 1.96 bits per heavy atom. The zero-order valence-electron chi connectivity index (χ0n) is 15.1. The molecule has 1 aromatic carbocycles. The van der Waals surface area contributed by atoms with Crippen LogP contribution in [0.1, 0.15) is 39.3 Å². The van der Waals surface area contributed by atoms with Gasteiger partial charge >= 0.3 is 0 Å². The van der Waals surface area contributed by atoms with Crippen LogP contribution in [0.4, 0.5) is 0 Å². The van der Waals surface area contributed by atoms with E-state index in [1.165, 1.54) is 6.20 Å². The number of nitrogens with one attached hydrogen (secondary N) is 2. The lowest BCUT2D eigenvalue weighted by Gasteiger charge is -2.24. The van der Waals surface area contributed by atoms with E-state index < -0.39 is 0 Å². The van der Waals surface area contributed by atoms with Gasteiger partial charge in [0, 0.05) is 29.4 Å². The minimum Gasteiger partial charge on any atom is -0.505 e. The lowest BCUT2D eigenvalue weighted by Crippen LogP contribution is -2.36. The molecule has 0 aliphatic carbocycles. The molecular weight excluding hydrogens is 316 g/mol. The molecule has 0 radical (unpaired) electrons. The van der Waals surface area contributed by atoms with Gasteiger partial charge in [-0.3, -0.25) is 9.78 Å². The molecule has 6 heteroatoms. The van der Waals surface area contributed by atoms with Gasteiger partial charge in [0.25, 0.3) is 5.91 Å². The van der Waals surface area contributed by atoms with Crippen LogP contribution in [0.15, 0.2) is 42.4 Å². The van der Waals surface area contributed by atoms with E-state index in [4.69, 9.17) is 5.73 Å². The number of carbonyl (C=O) groups excluding carboxylic acids is 1. The van der Waals surface area contributed by atoms with Crippen LogP contribution in [0.2, 0.25) is 0 Å². The molecule has 2 rings (SSSR count). The van der Waals surface area contributed by atoms with Crippen molar-refractivity contribution in [1.82, 2.24) is 15.6 Å². The number of rotatable bonds is 6. The van der Waals surface area contributed by atoms with Crippen LogP contribution in [0.5, 0.6) is 5.75 Å². The molecular formula is C19H26N4O2. The number of hydrogen-bond acceptors (Lipinski definition) is 5. The number of nitrogens with zero attached hydrogens (tertiary/aromatic N) is 1. The van der Waals surface area contributed by atoms with Crippen molar-refractivity contribution in [2.45, 2.75) is 39.8 Å². The van der Waals surface area contributed by atoms with Crippen molar-refractivity contribution >= 4 is 16.8 Å². The fourth-order valence-corrected chi connectivity index (χ4v) is 2.55. The van der Waals surface area contributed by atoms with E-state index in [9.17, 15) is 9.90 Å². The first-order valence-electron chi connectivity index (χ1n) is 8.40. The van der Waals surface area contributed by atoms with Gasteiger partial charge in [-0.15, -0.1) is 0 Å². The molecule has 2 aromatic rings. The van der Waals surface area contributed by atoms with Crippen molar-refractivity contribution in [2.75, 3.05) is 0 Å². The molecule has 1 atom stereocenters. The summed E-state index contributed by atoms with van der Waals surface area (Å²) in [6.45, 7) is 7.86. The maximum absolute atomic E-state index is 12.4. The van der Waals surface area contributed by atoms with E-state index in [1.807, 2.05) is 52.0 Å². The van der Waals surface area contributed by atoms with Crippen molar-refractivity contribution < 1.29 is 9.90 Å². The normalized spacial score (nSPS) is 13.3. The van der Waals surface area contributed by atoms with Gasteiger partial charge in [0.05, 0.1) is 6.04 Å². The molecule has 1 amide bonds. The van der Waals surface area contributed by atoms with Gasteiger partial charge in [0.2, 0.25) is 0 Å². The number of fused-ring (bicyclic) bond motifs is 1. The molecule has 25 heavy (non-hydrogen) atoms. The Kier molecular flexibility index (Phi) is 5.85. The molecule has 1 aromatic heterocycles. The van der Waals surface area contributed by atoms with E-state index in [0.29, 0.717) is 11.1 Å². The number of pyridine rings is 1. The second-order valence-electron chi connectivity index (χ2n) is 6.69. The standard InChI is InChI=1S/C19H26N4O2/c1-11(2)16(23-19(25)15(20)10-22-12(3)4)14-8-7-13-6-5-9-21-17(13)18(14)24/h5-12,16,22,24H,20H2,1-4H3,(H,23,25)/b15-10-. The molecule has 1 heterocycles. The summed E-state index contributed by atoms with van der Waals surface area (Å²) in [5.41, 5.74) is 7.07. The molecule has 1 unspecified atom stereocenters. The zero-order chi connectivity index (χ0) is 18.6. The van der Waals surface area contributed by atoms with Crippen LogP contribution in [-0.2, 0) is 4.79 Å².